The summed E-state index contributed by atoms with van der Waals surface area (Å²) in [7, 11) is -3.73. The van der Waals surface area contributed by atoms with Crippen LogP contribution in [0.4, 0.5) is 0 Å². The Balaban J connectivity index is 1.98. The molecule has 0 saturated carbocycles. The second-order valence-electron chi connectivity index (χ2n) is 6.03. The Bertz CT molecular complexity index is 874. The normalized spacial score (nSPS) is 21.0. The summed E-state index contributed by atoms with van der Waals surface area (Å²) in [6.45, 7) is 2.15. The number of sulfonamides is 1. The van der Waals surface area contributed by atoms with Gasteiger partial charge in [-0.2, -0.15) is 4.31 Å². The number of nitrogens with zero attached hydrogens (tertiary/aromatic N) is 1. The van der Waals surface area contributed by atoms with Crippen LogP contribution in [0.5, 0.6) is 0 Å². The van der Waals surface area contributed by atoms with Crippen molar-refractivity contribution < 1.29 is 23.4 Å². The van der Waals surface area contributed by atoms with Gasteiger partial charge in [-0.25, -0.2) is 13.2 Å². The van der Waals surface area contributed by atoms with Gasteiger partial charge in [0.2, 0.25) is 10.0 Å². The summed E-state index contributed by atoms with van der Waals surface area (Å²) in [4.78, 5) is 12.0. The average Bonchev–Trinajstić information content (AvgIpc) is 2.90. The standard InChI is InChI=1S/C16H19NO5S2/c1-10-15(12-6-2-3-7-13(12)23-10)24(21,22)17-8-4-5-11(9-17)14(18)16(19)20/h2-3,6-7,11,14,18H,4-5,8-9H2,1H3,(H,19,20)/t11-,14+/m0/s1. The maximum atomic E-state index is 13.1. The first-order valence-corrected chi connectivity index (χ1v) is 9.97. The van der Waals surface area contributed by atoms with E-state index in [1.54, 1.807) is 19.1 Å². The van der Waals surface area contributed by atoms with E-state index >= 15 is 0 Å². The molecule has 0 radical (unpaired) electrons. The van der Waals surface area contributed by atoms with Crippen molar-refractivity contribution in [3.63, 3.8) is 0 Å². The molecule has 2 aromatic rings. The fraction of sp³-hybridized carbons (Fsp3) is 0.438. The fourth-order valence-corrected chi connectivity index (χ4v) is 6.54. The van der Waals surface area contributed by atoms with Crippen LogP contribution < -0.4 is 0 Å². The number of aryl methyl sites for hydroxylation is 1. The van der Waals surface area contributed by atoms with Crippen LogP contribution in [-0.2, 0) is 14.8 Å². The second kappa shape index (κ2) is 6.44. The van der Waals surface area contributed by atoms with Gasteiger partial charge >= 0.3 is 5.97 Å². The van der Waals surface area contributed by atoms with Crippen LogP contribution in [0.2, 0.25) is 0 Å². The maximum absolute atomic E-state index is 13.1. The van der Waals surface area contributed by atoms with Crippen LogP contribution in [0.3, 0.4) is 0 Å². The molecule has 2 N–H and O–H groups in total. The minimum atomic E-state index is -3.73. The Kier molecular flexibility index (Phi) is 4.65. The molecule has 0 bridgehead atoms. The highest BCUT2D eigenvalue weighted by Crippen LogP contribution is 2.37. The summed E-state index contributed by atoms with van der Waals surface area (Å²) in [6.07, 6.45) is -0.499. The molecule has 8 heteroatoms. The van der Waals surface area contributed by atoms with Gasteiger partial charge in [0, 0.05) is 34.0 Å². The lowest BCUT2D eigenvalue weighted by molar-refractivity contribution is -0.150. The molecule has 1 fully saturated rings. The third-order valence-electron chi connectivity index (χ3n) is 4.43. The molecule has 24 heavy (non-hydrogen) atoms. The molecule has 1 aromatic carbocycles. The van der Waals surface area contributed by atoms with Crippen molar-refractivity contribution in [2.75, 3.05) is 13.1 Å². The highest BCUT2D eigenvalue weighted by Gasteiger charge is 2.37. The minimum Gasteiger partial charge on any atom is -0.479 e. The number of rotatable bonds is 4. The number of aliphatic carboxylic acids is 1. The zero-order chi connectivity index (χ0) is 17.5. The average molecular weight is 369 g/mol. The molecule has 0 unspecified atom stereocenters. The van der Waals surface area contributed by atoms with Crippen molar-refractivity contribution in [1.82, 2.24) is 4.31 Å². The van der Waals surface area contributed by atoms with E-state index < -0.39 is 28.0 Å². The van der Waals surface area contributed by atoms with Gasteiger partial charge in [0.15, 0.2) is 6.10 Å². The number of carboxylic acid groups (broad SMARTS) is 1. The lowest BCUT2D eigenvalue weighted by Gasteiger charge is -2.33. The van der Waals surface area contributed by atoms with Crippen LogP contribution in [-0.4, -0.2) is 48.1 Å². The zero-order valence-corrected chi connectivity index (χ0v) is 14.8. The molecule has 0 amide bonds. The number of aliphatic hydroxyl groups excluding tert-OH is 1. The van der Waals surface area contributed by atoms with E-state index in [1.807, 2.05) is 12.1 Å². The van der Waals surface area contributed by atoms with Gasteiger partial charge < -0.3 is 10.2 Å². The summed E-state index contributed by atoms with van der Waals surface area (Å²) >= 11 is 1.43. The molecule has 1 aromatic heterocycles. The van der Waals surface area contributed by atoms with Crippen molar-refractivity contribution in [3.8, 4) is 0 Å². The topological polar surface area (TPSA) is 94.9 Å². The van der Waals surface area contributed by atoms with Crippen molar-refractivity contribution in [2.45, 2.75) is 30.8 Å². The van der Waals surface area contributed by atoms with Crippen molar-refractivity contribution >= 4 is 37.4 Å². The first-order valence-electron chi connectivity index (χ1n) is 7.71. The molecule has 0 spiro atoms. The number of piperidine rings is 1. The van der Waals surface area contributed by atoms with Crippen LogP contribution in [0, 0.1) is 12.8 Å². The number of carboxylic acids is 1. The van der Waals surface area contributed by atoms with Gasteiger partial charge in [0.1, 0.15) is 4.90 Å². The lowest BCUT2D eigenvalue weighted by Crippen LogP contribution is -2.45. The summed E-state index contributed by atoms with van der Waals surface area (Å²) in [5, 5.41) is 19.4. The molecule has 2 heterocycles. The van der Waals surface area contributed by atoms with Gasteiger partial charge in [-0.05, 0) is 25.8 Å². The summed E-state index contributed by atoms with van der Waals surface area (Å²) < 4.78 is 28.5. The Hall–Kier alpha value is -1.48. The predicted octanol–water partition coefficient (Wildman–Crippen LogP) is 2.06. The highest BCUT2D eigenvalue weighted by molar-refractivity contribution is 7.89. The molecule has 2 atom stereocenters. The fourth-order valence-electron chi connectivity index (χ4n) is 3.25. The second-order valence-corrected chi connectivity index (χ2v) is 9.16. The molecule has 0 aliphatic carbocycles. The number of fused-ring (bicyclic) bond motifs is 1. The van der Waals surface area contributed by atoms with E-state index in [2.05, 4.69) is 0 Å². The van der Waals surface area contributed by atoms with E-state index in [0.717, 1.165) is 9.58 Å². The van der Waals surface area contributed by atoms with Crippen molar-refractivity contribution in [1.29, 1.82) is 0 Å². The zero-order valence-electron chi connectivity index (χ0n) is 13.2. The van der Waals surface area contributed by atoms with Gasteiger partial charge in [0.05, 0.1) is 0 Å². The van der Waals surface area contributed by atoms with Gasteiger partial charge in [-0.3, -0.25) is 0 Å². The molecule has 1 saturated heterocycles. The Morgan fingerprint density at radius 1 is 1.38 bits per heavy atom. The first kappa shape index (κ1) is 17.3. The third kappa shape index (κ3) is 2.95. The smallest absolute Gasteiger partial charge is 0.332 e. The van der Waals surface area contributed by atoms with Crippen LogP contribution in [0.1, 0.15) is 17.7 Å². The molecule has 1 aliphatic heterocycles. The largest absolute Gasteiger partial charge is 0.479 e. The summed E-state index contributed by atoms with van der Waals surface area (Å²) in [5.74, 6) is -1.90. The Morgan fingerprint density at radius 3 is 2.79 bits per heavy atom. The number of carbonyl (C=O) groups is 1. The Morgan fingerprint density at radius 2 is 2.08 bits per heavy atom. The molecular weight excluding hydrogens is 350 g/mol. The van der Waals surface area contributed by atoms with Crippen molar-refractivity contribution in [2.24, 2.45) is 5.92 Å². The van der Waals surface area contributed by atoms with E-state index in [-0.39, 0.29) is 6.54 Å². The molecule has 6 nitrogen and oxygen atoms in total. The molecular formula is C16H19NO5S2. The van der Waals surface area contributed by atoms with E-state index in [0.29, 0.717) is 29.7 Å². The quantitative estimate of drug-likeness (QED) is 0.860. The number of thiophene rings is 1. The van der Waals surface area contributed by atoms with E-state index in [4.69, 9.17) is 5.11 Å². The Labute approximate surface area is 144 Å². The summed E-state index contributed by atoms with van der Waals surface area (Å²) in [6, 6.07) is 7.36. The summed E-state index contributed by atoms with van der Waals surface area (Å²) in [5.41, 5.74) is 0. The van der Waals surface area contributed by atoms with Gasteiger partial charge in [-0.1, -0.05) is 18.2 Å². The van der Waals surface area contributed by atoms with Crippen LogP contribution in [0.25, 0.3) is 10.1 Å². The van der Waals surface area contributed by atoms with E-state index in [1.165, 1.54) is 15.6 Å². The molecule has 1 aliphatic rings. The number of aliphatic hydroxyl groups is 1. The monoisotopic (exact) mass is 369 g/mol. The van der Waals surface area contributed by atoms with Gasteiger partial charge in [0.25, 0.3) is 0 Å². The van der Waals surface area contributed by atoms with Crippen molar-refractivity contribution in [3.05, 3.63) is 29.1 Å². The lowest BCUT2D eigenvalue weighted by atomic mass is 9.94. The van der Waals surface area contributed by atoms with Crippen LogP contribution >= 0.6 is 11.3 Å². The van der Waals surface area contributed by atoms with Crippen LogP contribution in [0.15, 0.2) is 29.2 Å². The third-order valence-corrected chi connectivity index (χ3v) is 7.70. The maximum Gasteiger partial charge on any atom is 0.332 e. The van der Waals surface area contributed by atoms with E-state index in [9.17, 15) is 18.3 Å². The number of benzene rings is 1. The number of hydrogen-bond donors (Lipinski definition) is 2. The highest BCUT2D eigenvalue weighted by atomic mass is 32.2. The predicted molar refractivity (Wildman–Crippen MR) is 91.7 cm³/mol. The minimum absolute atomic E-state index is 0.0272. The van der Waals surface area contributed by atoms with Gasteiger partial charge in [-0.15, -0.1) is 11.3 Å². The molecule has 130 valence electrons. The SMILES string of the molecule is Cc1sc2ccccc2c1S(=O)(=O)N1CCC[C@H]([C@@H](O)C(=O)O)C1. The number of hydrogen-bond acceptors (Lipinski definition) is 5. The first-order chi connectivity index (χ1) is 11.3. The molecule has 3 rings (SSSR count).